The molecule has 82 valence electrons. The average Bonchev–Trinajstić information content (AvgIpc) is 2.58. The Balaban J connectivity index is 2.36. The predicted octanol–water partition coefficient (Wildman–Crippen LogP) is 2.10. The molecule has 1 heterocycles. The second-order valence-electron chi connectivity index (χ2n) is 2.91. The molecule has 3 N–H and O–H groups in total. The Morgan fingerprint density at radius 1 is 1.31 bits per heavy atom. The number of benzene rings is 1. The normalized spacial score (nSPS) is 11.1. The monoisotopic (exact) mass is 222 g/mol. The van der Waals surface area contributed by atoms with Gasteiger partial charge < -0.3 is 10.3 Å². The molecule has 0 radical (unpaired) electrons. The Hall–Kier alpha value is -2.44. The predicted molar refractivity (Wildman–Crippen MR) is 54.3 cm³/mol. The summed E-state index contributed by atoms with van der Waals surface area (Å²) in [5.41, 5.74) is 4.43. The van der Waals surface area contributed by atoms with Crippen LogP contribution in [0.25, 0.3) is 0 Å². The van der Waals surface area contributed by atoms with E-state index >= 15 is 0 Å². The molecule has 1 aromatic heterocycles. The van der Waals surface area contributed by atoms with Gasteiger partial charge in [0, 0.05) is 0 Å². The van der Waals surface area contributed by atoms with Crippen molar-refractivity contribution >= 4 is 17.2 Å². The maximum Gasteiger partial charge on any atom is 0.386 e. The number of nitrogens with one attached hydrogen (secondary N) is 1. The fourth-order valence-electron chi connectivity index (χ4n) is 1.04. The summed E-state index contributed by atoms with van der Waals surface area (Å²) in [6.45, 7) is 0. The van der Waals surface area contributed by atoms with Crippen molar-refractivity contribution < 1.29 is 8.91 Å². The molecule has 0 fully saturated rings. The number of halogens is 1. The molecular formula is C9H7FN4O2. The van der Waals surface area contributed by atoms with Crippen LogP contribution in [-0.2, 0) is 0 Å². The first-order valence-corrected chi connectivity index (χ1v) is 4.31. The van der Waals surface area contributed by atoms with Gasteiger partial charge in [0.15, 0.2) is 11.6 Å². The van der Waals surface area contributed by atoms with Crippen LogP contribution in [0.2, 0.25) is 0 Å². The highest BCUT2D eigenvalue weighted by Gasteiger charge is 2.08. The minimum Gasteiger partial charge on any atom is -0.381 e. The Bertz CT molecular complexity index is 587. The number of hydrogen-bond donors (Lipinski definition) is 2. The van der Waals surface area contributed by atoms with E-state index in [1.165, 1.54) is 18.2 Å². The summed E-state index contributed by atoms with van der Waals surface area (Å²) in [4.78, 5) is 11.0. The van der Waals surface area contributed by atoms with Crippen molar-refractivity contribution in [3.05, 3.63) is 40.5 Å². The maximum atomic E-state index is 13.1. The van der Waals surface area contributed by atoms with Gasteiger partial charge in [0.1, 0.15) is 5.69 Å². The summed E-state index contributed by atoms with van der Waals surface area (Å²) in [5, 5.41) is 9.21. The van der Waals surface area contributed by atoms with E-state index in [2.05, 4.69) is 19.9 Å². The van der Waals surface area contributed by atoms with Crippen molar-refractivity contribution in [3.63, 3.8) is 0 Å². The van der Waals surface area contributed by atoms with Gasteiger partial charge >= 0.3 is 5.63 Å². The van der Waals surface area contributed by atoms with Crippen molar-refractivity contribution in [3.8, 4) is 0 Å². The van der Waals surface area contributed by atoms with Crippen LogP contribution in [-0.4, -0.2) is 5.16 Å². The molecule has 0 bridgehead atoms. The van der Waals surface area contributed by atoms with Gasteiger partial charge in [-0.2, -0.15) is 5.16 Å². The van der Waals surface area contributed by atoms with E-state index in [0.29, 0.717) is 0 Å². The quantitative estimate of drug-likeness (QED) is 0.761. The number of aromatic amines is 1. The van der Waals surface area contributed by atoms with Crippen molar-refractivity contribution in [2.75, 3.05) is 5.73 Å². The zero-order valence-electron chi connectivity index (χ0n) is 7.98. The third kappa shape index (κ3) is 1.83. The van der Waals surface area contributed by atoms with Gasteiger partial charge in [0.05, 0.1) is 0 Å². The molecule has 0 aliphatic heterocycles. The number of aromatic nitrogens is 1. The van der Waals surface area contributed by atoms with Crippen LogP contribution in [0.15, 0.2) is 43.8 Å². The van der Waals surface area contributed by atoms with Crippen molar-refractivity contribution in [1.82, 2.24) is 5.16 Å². The van der Waals surface area contributed by atoms with E-state index in [4.69, 9.17) is 5.73 Å². The van der Waals surface area contributed by atoms with Gasteiger partial charge in [0.2, 0.25) is 5.69 Å². The number of nitrogens with two attached hydrogens (primary N) is 1. The van der Waals surface area contributed by atoms with E-state index in [1.807, 2.05) is 0 Å². The summed E-state index contributed by atoms with van der Waals surface area (Å²) in [5.74, 6) is -0.588. The summed E-state index contributed by atoms with van der Waals surface area (Å²) in [6.07, 6.45) is 0. The Kier molecular flexibility index (Phi) is 2.50. The topological polar surface area (TPSA) is 96.7 Å². The van der Waals surface area contributed by atoms with Gasteiger partial charge in [-0.25, -0.2) is 9.18 Å². The van der Waals surface area contributed by atoms with E-state index in [0.717, 1.165) is 0 Å². The van der Waals surface area contributed by atoms with Crippen molar-refractivity contribution in [2.24, 2.45) is 10.2 Å². The highest BCUT2D eigenvalue weighted by atomic mass is 19.1. The van der Waals surface area contributed by atoms with E-state index in [1.54, 1.807) is 6.07 Å². The number of rotatable bonds is 2. The number of nitrogens with zero attached hydrogens (tertiary/aromatic N) is 2. The molecule has 0 atom stereocenters. The van der Waals surface area contributed by atoms with Crippen molar-refractivity contribution in [1.29, 1.82) is 0 Å². The molecule has 0 spiro atoms. The molecule has 16 heavy (non-hydrogen) atoms. The average molecular weight is 222 g/mol. The minimum absolute atomic E-state index is 0.0162. The minimum atomic E-state index is -0.752. The highest BCUT2D eigenvalue weighted by Crippen LogP contribution is 2.21. The summed E-state index contributed by atoms with van der Waals surface area (Å²) in [6, 6.07) is 5.77. The van der Waals surface area contributed by atoms with E-state index in [9.17, 15) is 9.18 Å². The van der Waals surface area contributed by atoms with E-state index < -0.39 is 11.4 Å². The van der Waals surface area contributed by atoms with Crippen LogP contribution in [0.3, 0.4) is 0 Å². The lowest BCUT2D eigenvalue weighted by molar-refractivity contribution is 0.395. The lowest BCUT2D eigenvalue weighted by atomic mass is 10.3. The number of nitrogen functional groups attached to an aromatic ring is 1. The summed E-state index contributed by atoms with van der Waals surface area (Å²) < 4.78 is 17.5. The highest BCUT2D eigenvalue weighted by molar-refractivity contribution is 5.54. The molecule has 1 aromatic carbocycles. The number of azo groups is 1. The number of hydrogen-bond acceptors (Lipinski definition) is 5. The zero-order valence-corrected chi connectivity index (χ0v) is 7.98. The molecule has 0 amide bonds. The van der Waals surface area contributed by atoms with Crippen molar-refractivity contribution in [2.45, 2.75) is 0 Å². The number of H-pyrrole nitrogens is 1. The molecule has 0 unspecified atom stereocenters. The summed E-state index contributed by atoms with van der Waals surface area (Å²) >= 11 is 0. The second-order valence-corrected chi connectivity index (χ2v) is 2.91. The maximum absolute atomic E-state index is 13.1. The van der Waals surface area contributed by atoms with Gasteiger partial charge in [-0.3, -0.25) is 0 Å². The van der Waals surface area contributed by atoms with E-state index in [-0.39, 0.29) is 17.2 Å². The summed E-state index contributed by atoms with van der Waals surface area (Å²) in [7, 11) is 0. The fraction of sp³-hybridized carbons (Fsp3) is 0. The van der Waals surface area contributed by atoms with Gasteiger partial charge in [0.25, 0.3) is 0 Å². The molecule has 6 nitrogen and oxygen atoms in total. The first kappa shape index (κ1) is 10.1. The molecule has 7 heteroatoms. The molecule has 0 aliphatic rings. The largest absolute Gasteiger partial charge is 0.386 e. The van der Waals surface area contributed by atoms with Gasteiger partial charge in [-0.05, 0) is 12.1 Å². The lowest BCUT2D eigenvalue weighted by Gasteiger charge is -1.92. The molecular weight excluding hydrogens is 215 g/mol. The van der Waals surface area contributed by atoms with Gasteiger partial charge in [-0.15, -0.1) is 10.2 Å². The zero-order chi connectivity index (χ0) is 11.5. The van der Waals surface area contributed by atoms with Crippen LogP contribution < -0.4 is 11.4 Å². The van der Waals surface area contributed by atoms with Crippen LogP contribution >= 0.6 is 0 Å². The molecule has 0 saturated heterocycles. The Morgan fingerprint density at radius 3 is 2.69 bits per heavy atom. The third-order valence-electron chi connectivity index (χ3n) is 1.81. The first-order chi connectivity index (χ1) is 7.68. The lowest BCUT2D eigenvalue weighted by Crippen LogP contribution is -1.91. The second kappa shape index (κ2) is 3.97. The van der Waals surface area contributed by atoms with Crippen LogP contribution in [0.5, 0.6) is 0 Å². The van der Waals surface area contributed by atoms with Crippen LogP contribution in [0.1, 0.15) is 0 Å². The van der Waals surface area contributed by atoms with Gasteiger partial charge in [-0.1, -0.05) is 12.1 Å². The Morgan fingerprint density at radius 2 is 2.06 bits per heavy atom. The molecule has 0 saturated carbocycles. The number of anilines is 1. The third-order valence-corrected chi connectivity index (χ3v) is 1.81. The van der Waals surface area contributed by atoms with Crippen LogP contribution in [0, 0.1) is 5.82 Å². The molecule has 0 aliphatic carbocycles. The fourth-order valence-corrected chi connectivity index (χ4v) is 1.04. The molecule has 2 rings (SSSR count). The molecule has 2 aromatic rings. The SMILES string of the molecule is Nc1[nH]oc(=O)c1N=Nc1ccccc1F. The smallest absolute Gasteiger partial charge is 0.381 e. The first-order valence-electron chi connectivity index (χ1n) is 4.31. The Labute approximate surface area is 88.6 Å². The standard InChI is InChI=1S/C9H7FN4O2/c10-5-3-1-2-4-6(5)12-13-7-8(11)14-16-9(7)15/h1-4,14H,11H2. The van der Waals surface area contributed by atoms with Crippen LogP contribution in [0.4, 0.5) is 21.6 Å².